The fourth-order valence-corrected chi connectivity index (χ4v) is 2.41. The lowest BCUT2D eigenvalue weighted by molar-refractivity contribution is -0.117. The number of nitriles is 1. The first-order valence-corrected chi connectivity index (χ1v) is 5.92. The molecule has 19 heavy (non-hydrogen) atoms. The number of benzene rings is 1. The number of para-hydroxylation sites is 1. The lowest BCUT2D eigenvalue weighted by atomic mass is 10.1. The van der Waals surface area contributed by atoms with E-state index in [-0.39, 0.29) is 17.6 Å². The van der Waals surface area contributed by atoms with Crippen LogP contribution >= 0.6 is 0 Å². The van der Waals surface area contributed by atoms with Crippen LogP contribution in [0.3, 0.4) is 0 Å². The van der Waals surface area contributed by atoms with Crippen molar-refractivity contribution in [1.82, 2.24) is 0 Å². The lowest BCUT2D eigenvalue weighted by Crippen LogP contribution is -2.24. The van der Waals surface area contributed by atoms with Gasteiger partial charge in [0.05, 0.1) is 0 Å². The van der Waals surface area contributed by atoms with Crippen LogP contribution in [0.1, 0.15) is 12.2 Å². The van der Waals surface area contributed by atoms with Crippen LogP contribution in [0.5, 0.6) is 0 Å². The normalized spacial score (nSPS) is 18.5. The summed E-state index contributed by atoms with van der Waals surface area (Å²) < 4.78 is 5.47. The van der Waals surface area contributed by atoms with Crippen molar-refractivity contribution in [2.24, 2.45) is 5.92 Å². The van der Waals surface area contributed by atoms with Gasteiger partial charge in [-0.1, -0.05) is 12.1 Å². The molecule has 0 bridgehead atoms. The molecular formula is C15H10N2O2. The number of carbonyl (C=O) groups excluding carboxylic acids is 1. The van der Waals surface area contributed by atoms with Crippen molar-refractivity contribution in [3.63, 3.8) is 0 Å². The summed E-state index contributed by atoms with van der Waals surface area (Å²) in [7, 11) is 0. The number of hydrogen-bond donors (Lipinski definition) is 0. The molecule has 1 fully saturated rings. The van der Waals surface area contributed by atoms with Crippen molar-refractivity contribution in [1.29, 1.82) is 5.26 Å². The third kappa shape index (κ3) is 1.66. The van der Waals surface area contributed by atoms with Crippen LogP contribution in [0.2, 0.25) is 0 Å². The number of fused-ring (bicyclic) bond motifs is 1. The van der Waals surface area contributed by atoms with Gasteiger partial charge in [0, 0.05) is 24.3 Å². The monoisotopic (exact) mass is 250 g/mol. The molecule has 3 rings (SSSR count). The number of carbonyl (C=O) groups is 1. The summed E-state index contributed by atoms with van der Waals surface area (Å²) in [6.45, 7) is 0.438. The van der Waals surface area contributed by atoms with E-state index in [1.807, 2.05) is 24.3 Å². The van der Waals surface area contributed by atoms with Crippen LogP contribution in [0, 0.1) is 29.6 Å². The highest BCUT2D eigenvalue weighted by Crippen LogP contribution is 2.36. The van der Waals surface area contributed by atoms with E-state index in [0.717, 1.165) is 5.39 Å². The predicted molar refractivity (Wildman–Crippen MR) is 70.2 cm³/mol. The van der Waals surface area contributed by atoms with E-state index in [1.165, 1.54) is 0 Å². The molecule has 1 amide bonds. The van der Waals surface area contributed by atoms with Gasteiger partial charge >= 0.3 is 0 Å². The van der Waals surface area contributed by atoms with E-state index in [2.05, 4.69) is 5.92 Å². The summed E-state index contributed by atoms with van der Waals surface area (Å²) in [6, 6.07) is 9.29. The fraction of sp³-hybridized carbons (Fsp3) is 0.200. The average molecular weight is 250 g/mol. The number of nitrogens with zero attached hydrogens (tertiary/aromatic N) is 2. The van der Waals surface area contributed by atoms with E-state index in [1.54, 1.807) is 11.0 Å². The van der Waals surface area contributed by atoms with Crippen molar-refractivity contribution in [3.05, 3.63) is 30.0 Å². The molecule has 4 nitrogen and oxygen atoms in total. The minimum atomic E-state index is -0.104. The zero-order chi connectivity index (χ0) is 13.4. The Labute approximate surface area is 110 Å². The molecular weight excluding hydrogens is 240 g/mol. The summed E-state index contributed by atoms with van der Waals surface area (Å²) in [5, 5.41) is 9.94. The maximum Gasteiger partial charge on any atom is 0.228 e. The summed E-state index contributed by atoms with van der Waals surface area (Å²) >= 11 is 0. The van der Waals surface area contributed by atoms with Gasteiger partial charge in [-0.25, -0.2) is 0 Å². The van der Waals surface area contributed by atoms with Gasteiger partial charge in [-0.15, -0.1) is 12.3 Å². The Bertz CT molecular complexity index is 746. The van der Waals surface area contributed by atoms with Crippen molar-refractivity contribution in [2.75, 3.05) is 11.4 Å². The van der Waals surface area contributed by atoms with Crippen LogP contribution in [-0.4, -0.2) is 12.5 Å². The molecule has 2 heterocycles. The molecule has 1 aliphatic heterocycles. The second-order valence-electron chi connectivity index (χ2n) is 4.46. The molecule has 1 aromatic heterocycles. The van der Waals surface area contributed by atoms with Crippen molar-refractivity contribution in [3.8, 4) is 18.4 Å². The Kier molecular flexibility index (Phi) is 2.51. The number of furan rings is 1. The van der Waals surface area contributed by atoms with Gasteiger partial charge in [0.2, 0.25) is 11.7 Å². The highest BCUT2D eigenvalue weighted by Gasteiger charge is 2.33. The van der Waals surface area contributed by atoms with Crippen molar-refractivity contribution in [2.45, 2.75) is 6.42 Å². The third-order valence-electron chi connectivity index (χ3n) is 3.30. The van der Waals surface area contributed by atoms with E-state index >= 15 is 0 Å². The quantitative estimate of drug-likeness (QED) is 0.729. The summed E-state index contributed by atoms with van der Waals surface area (Å²) in [5.74, 6) is 2.59. The molecule has 4 heteroatoms. The number of rotatable bonds is 1. The van der Waals surface area contributed by atoms with Crippen LogP contribution in [0.15, 0.2) is 28.7 Å². The van der Waals surface area contributed by atoms with Gasteiger partial charge in [-0.2, -0.15) is 5.26 Å². The first-order chi connectivity index (χ1) is 9.24. The molecule has 1 atom stereocenters. The first kappa shape index (κ1) is 11.4. The van der Waals surface area contributed by atoms with Crippen LogP contribution in [-0.2, 0) is 4.79 Å². The largest absolute Gasteiger partial charge is 0.443 e. The van der Waals surface area contributed by atoms with Gasteiger partial charge < -0.3 is 9.32 Å². The fourth-order valence-electron chi connectivity index (χ4n) is 2.41. The van der Waals surface area contributed by atoms with Gasteiger partial charge in [-0.05, 0) is 12.1 Å². The highest BCUT2D eigenvalue weighted by molar-refractivity contribution is 6.05. The maximum absolute atomic E-state index is 12.0. The number of hydrogen-bond acceptors (Lipinski definition) is 3. The smallest absolute Gasteiger partial charge is 0.228 e. The molecule has 92 valence electrons. The Hall–Kier alpha value is -2.72. The van der Waals surface area contributed by atoms with E-state index in [4.69, 9.17) is 16.1 Å². The topological polar surface area (TPSA) is 57.2 Å². The Morgan fingerprint density at radius 2 is 2.21 bits per heavy atom. The van der Waals surface area contributed by atoms with E-state index in [0.29, 0.717) is 24.2 Å². The molecule has 1 unspecified atom stereocenters. The van der Waals surface area contributed by atoms with Gasteiger partial charge in [-0.3, -0.25) is 4.79 Å². The molecule has 1 aromatic carbocycles. The van der Waals surface area contributed by atoms with Crippen LogP contribution in [0.4, 0.5) is 5.69 Å². The van der Waals surface area contributed by atoms with Crippen LogP contribution in [0.25, 0.3) is 11.0 Å². The number of amides is 1. The molecule has 0 radical (unpaired) electrons. The standard InChI is InChI=1S/C15H10N2O2/c1-2-10-7-14(18)17(9-10)15-11-5-3-4-6-12(11)19-13(15)8-16/h1,3-6,10H,7,9H2. The third-order valence-corrected chi connectivity index (χ3v) is 3.30. The van der Waals surface area contributed by atoms with E-state index < -0.39 is 0 Å². The molecule has 0 aliphatic carbocycles. The van der Waals surface area contributed by atoms with Gasteiger partial charge in [0.15, 0.2) is 0 Å². The molecule has 1 saturated heterocycles. The average Bonchev–Trinajstić information content (AvgIpc) is 2.98. The Balaban J connectivity index is 2.18. The molecule has 2 aromatic rings. The van der Waals surface area contributed by atoms with Gasteiger partial charge in [0.1, 0.15) is 17.3 Å². The second-order valence-corrected chi connectivity index (χ2v) is 4.46. The molecule has 0 spiro atoms. The number of anilines is 1. The Morgan fingerprint density at radius 1 is 1.42 bits per heavy atom. The zero-order valence-electron chi connectivity index (χ0n) is 10.1. The predicted octanol–water partition coefficient (Wildman–Crippen LogP) is 2.29. The minimum Gasteiger partial charge on any atom is -0.443 e. The second kappa shape index (κ2) is 4.19. The first-order valence-electron chi connectivity index (χ1n) is 5.92. The lowest BCUT2D eigenvalue weighted by Gasteiger charge is -2.14. The molecule has 1 aliphatic rings. The molecule has 0 saturated carbocycles. The minimum absolute atomic E-state index is 0.0639. The number of terminal acetylenes is 1. The van der Waals surface area contributed by atoms with Gasteiger partial charge in [0.25, 0.3) is 0 Å². The summed E-state index contributed by atoms with van der Waals surface area (Å²) in [5.41, 5.74) is 1.15. The van der Waals surface area contributed by atoms with Crippen molar-refractivity contribution < 1.29 is 9.21 Å². The SMILES string of the molecule is C#CC1CC(=O)N(c2c(C#N)oc3ccccc23)C1. The van der Waals surface area contributed by atoms with Crippen LogP contribution < -0.4 is 4.90 Å². The van der Waals surface area contributed by atoms with Crippen molar-refractivity contribution >= 4 is 22.6 Å². The highest BCUT2D eigenvalue weighted by atomic mass is 16.3. The zero-order valence-corrected chi connectivity index (χ0v) is 10.1. The summed E-state index contributed by atoms with van der Waals surface area (Å²) in [4.78, 5) is 13.6. The van der Waals surface area contributed by atoms with E-state index in [9.17, 15) is 4.79 Å². The summed E-state index contributed by atoms with van der Waals surface area (Å²) in [6.07, 6.45) is 5.70. The maximum atomic E-state index is 12.0. The Morgan fingerprint density at radius 3 is 2.89 bits per heavy atom. The molecule has 0 N–H and O–H groups in total.